The quantitative estimate of drug-likeness (QED) is 0.844. The fourth-order valence-corrected chi connectivity index (χ4v) is 2.33. The molecule has 1 amide bonds. The van der Waals surface area contributed by atoms with Gasteiger partial charge < -0.3 is 20.0 Å². The van der Waals surface area contributed by atoms with E-state index in [9.17, 15) is 14.7 Å². The average Bonchev–Trinajstić information content (AvgIpc) is 2.55. The van der Waals surface area contributed by atoms with Gasteiger partial charge in [0.15, 0.2) is 0 Å². The molecule has 0 spiro atoms. The maximum absolute atomic E-state index is 12.3. The zero-order valence-electron chi connectivity index (χ0n) is 13.7. The van der Waals surface area contributed by atoms with E-state index in [1.165, 1.54) is 0 Å². The van der Waals surface area contributed by atoms with Gasteiger partial charge in [-0.2, -0.15) is 0 Å². The average molecular weight is 326 g/mol. The number of rotatable bonds is 7. The highest BCUT2D eigenvalue weighted by molar-refractivity contribution is 5.94. The number of aliphatic carboxylic acids is 1. The fourth-order valence-electron chi connectivity index (χ4n) is 2.33. The molecule has 2 aromatic carbocycles. The summed E-state index contributed by atoms with van der Waals surface area (Å²) < 4.78 is 5.37. The van der Waals surface area contributed by atoms with Crippen molar-refractivity contribution in [1.82, 2.24) is 5.32 Å². The molecule has 0 saturated carbocycles. The van der Waals surface area contributed by atoms with Crippen LogP contribution in [0.3, 0.4) is 0 Å². The summed E-state index contributed by atoms with van der Waals surface area (Å²) in [6, 6.07) is 13.4. The Kier molecular flexibility index (Phi) is 5.95. The maximum atomic E-state index is 12.3. The highest BCUT2D eigenvalue weighted by Gasteiger charge is 2.16. The van der Waals surface area contributed by atoms with E-state index >= 15 is 0 Å². The highest BCUT2D eigenvalue weighted by Crippen LogP contribution is 2.21. The van der Waals surface area contributed by atoms with Gasteiger partial charge in [0.2, 0.25) is 0 Å². The van der Waals surface area contributed by atoms with Crippen molar-refractivity contribution in [3.8, 4) is 5.75 Å². The molecule has 0 saturated heterocycles. The molecule has 1 atom stereocenters. The highest BCUT2D eigenvalue weighted by atomic mass is 16.5. The van der Waals surface area contributed by atoms with Crippen LogP contribution in [0, 0.1) is 6.92 Å². The molecule has 5 nitrogen and oxygen atoms in total. The van der Waals surface area contributed by atoms with Crippen molar-refractivity contribution in [2.75, 3.05) is 6.61 Å². The van der Waals surface area contributed by atoms with Crippen LogP contribution in [0.25, 0.3) is 0 Å². The molecule has 0 radical (unpaired) electrons. The fraction of sp³-hybridized carbons (Fsp3) is 0.263. The Morgan fingerprint density at radius 1 is 1.08 bits per heavy atom. The number of carboxylic acid groups (broad SMARTS) is 1. The third kappa shape index (κ3) is 4.84. The molecule has 0 unspecified atom stereocenters. The van der Waals surface area contributed by atoms with Crippen LogP contribution in [0.15, 0.2) is 48.5 Å². The molecule has 0 bridgehead atoms. The van der Waals surface area contributed by atoms with Gasteiger partial charge in [-0.05, 0) is 43.7 Å². The summed E-state index contributed by atoms with van der Waals surface area (Å²) in [6.45, 7) is 4.36. The Balaban J connectivity index is 2.16. The van der Waals surface area contributed by atoms with E-state index in [0.717, 1.165) is 5.56 Å². The van der Waals surface area contributed by atoms with Gasteiger partial charge in [-0.25, -0.2) is 0 Å². The van der Waals surface area contributed by atoms with Gasteiger partial charge in [0.25, 0.3) is 5.91 Å². The molecule has 1 N–H and O–H groups in total. The minimum Gasteiger partial charge on any atom is -0.550 e. The lowest BCUT2D eigenvalue weighted by atomic mass is 10.0. The SMILES string of the molecule is CCOc1ccc([C@@H](CC(=O)[O-])NC(=O)c2ccc(C)cc2)cc1. The Morgan fingerprint density at radius 2 is 1.71 bits per heavy atom. The minimum atomic E-state index is -1.22. The van der Waals surface area contributed by atoms with Crippen molar-refractivity contribution in [3.05, 3.63) is 65.2 Å². The van der Waals surface area contributed by atoms with Crippen LogP contribution in [-0.4, -0.2) is 18.5 Å². The zero-order valence-corrected chi connectivity index (χ0v) is 13.7. The predicted molar refractivity (Wildman–Crippen MR) is 88.6 cm³/mol. The number of amides is 1. The predicted octanol–water partition coefficient (Wildman–Crippen LogP) is 2.00. The van der Waals surface area contributed by atoms with E-state index in [0.29, 0.717) is 23.5 Å². The standard InChI is InChI=1S/C19H21NO4/c1-3-24-16-10-8-14(9-11-16)17(12-18(21)22)20-19(23)15-6-4-13(2)5-7-15/h4-11,17H,3,12H2,1-2H3,(H,20,23)(H,21,22)/p-1/t17-/m1/s1. The molecular formula is C19H20NO4-. The first kappa shape index (κ1) is 17.5. The number of carbonyl (C=O) groups is 2. The first-order valence-electron chi connectivity index (χ1n) is 7.79. The first-order chi connectivity index (χ1) is 11.5. The Labute approximate surface area is 141 Å². The molecule has 2 aromatic rings. The van der Waals surface area contributed by atoms with E-state index in [4.69, 9.17) is 4.74 Å². The van der Waals surface area contributed by atoms with E-state index in [-0.39, 0.29) is 12.3 Å². The number of carboxylic acids is 1. The number of ether oxygens (including phenoxy) is 1. The molecule has 126 valence electrons. The van der Waals surface area contributed by atoms with Crippen LogP contribution in [0.2, 0.25) is 0 Å². The Morgan fingerprint density at radius 3 is 2.25 bits per heavy atom. The van der Waals surface area contributed by atoms with Crippen LogP contribution >= 0.6 is 0 Å². The minimum absolute atomic E-state index is 0.300. The second-order valence-corrected chi connectivity index (χ2v) is 5.47. The Bertz CT molecular complexity index is 692. The summed E-state index contributed by atoms with van der Waals surface area (Å²) in [6.07, 6.45) is -0.300. The van der Waals surface area contributed by atoms with Crippen LogP contribution in [0.5, 0.6) is 5.75 Å². The van der Waals surface area contributed by atoms with Gasteiger partial charge in [0.1, 0.15) is 5.75 Å². The third-order valence-corrected chi connectivity index (χ3v) is 3.58. The van der Waals surface area contributed by atoms with Gasteiger partial charge in [-0.15, -0.1) is 0 Å². The molecule has 0 heterocycles. The van der Waals surface area contributed by atoms with Crippen molar-refractivity contribution in [3.63, 3.8) is 0 Å². The van der Waals surface area contributed by atoms with Crippen molar-refractivity contribution >= 4 is 11.9 Å². The molecule has 0 aromatic heterocycles. The summed E-state index contributed by atoms with van der Waals surface area (Å²) in [4.78, 5) is 23.4. The maximum Gasteiger partial charge on any atom is 0.251 e. The molecule has 0 aliphatic carbocycles. The topological polar surface area (TPSA) is 78.5 Å². The second kappa shape index (κ2) is 8.15. The number of nitrogens with one attached hydrogen (secondary N) is 1. The lowest BCUT2D eigenvalue weighted by molar-refractivity contribution is -0.306. The van der Waals surface area contributed by atoms with E-state index in [1.54, 1.807) is 36.4 Å². The first-order valence-corrected chi connectivity index (χ1v) is 7.79. The van der Waals surface area contributed by atoms with Crippen molar-refractivity contribution in [1.29, 1.82) is 0 Å². The van der Waals surface area contributed by atoms with E-state index < -0.39 is 12.0 Å². The summed E-state index contributed by atoms with van der Waals surface area (Å²) in [5.41, 5.74) is 2.21. The summed E-state index contributed by atoms with van der Waals surface area (Å²) in [7, 11) is 0. The van der Waals surface area contributed by atoms with Crippen molar-refractivity contribution in [2.45, 2.75) is 26.3 Å². The lowest BCUT2D eigenvalue weighted by Crippen LogP contribution is -2.34. The summed E-state index contributed by atoms with van der Waals surface area (Å²) in [5.74, 6) is -0.855. The van der Waals surface area contributed by atoms with Crippen molar-refractivity contribution < 1.29 is 19.4 Å². The van der Waals surface area contributed by atoms with Crippen LogP contribution in [0.1, 0.15) is 40.9 Å². The van der Waals surface area contributed by atoms with Gasteiger partial charge >= 0.3 is 0 Å². The van der Waals surface area contributed by atoms with Crippen molar-refractivity contribution in [2.24, 2.45) is 0 Å². The molecular weight excluding hydrogens is 306 g/mol. The Hall–Kier alpha value is -2.82. The number of benzene rings is 2. The molecule has 0 fully saturated rings. The van der Waals surface area contributed by atoms with Crippen LogP contribution < -0.4 is 15.2 Å². The molecule has 0 aliphatic rings. The largest absolute Gasteiger partial charge is 0.550 e. The summed E-state index contributed by atoms with van der Waals surface area (Å²) in [5, 5.41) is 13.8. The number of carbonyl (C=O) groups excluding carboxylic acids is 2. The monoisotopic (exact) mass is 326 g/mol. The van der Waals surface area contributed by atoms with E-state index in [2.05, 4.69) is 5.32 Å². The number of hydrogen-bond donors (Lipinski definition) is 1. The van der Waals surface area contributed by atoms with Crippen LogP contribution in [0.4, 0.5) is 0 Å². The van der Waals surface area contributed by atoms with Gasteiger partial charge in [0.05, 0.1) is 12.6 Å². The molecule has 24 heavy (non-hydrogen) atoms. The second-order valence-electron chi connectivity index (χ2n) is 5.47. The smallest absolute Gasteiger partial charge is 0.251 e. The normalized spacial score (nSPS) is 11.6. The van der Waals surface area contributed by atoms with Gasteiger partial charge in [-0.1, -0.05) is 29.8 Å². The summed E-state index contributed by atoms with van der Waals surface area (Å²) >= 11 is 0. The van der Waals surface area contributed by atoms with Crippen LogP contribution in [-0.2, 0) is 4.79 Å². The van der Waals surface area contributed by atoms with E-state index in [1.807, 2.05) is 26.0 Å². The van der Waals surface area contributed by atoms with Gasteiger partial charge in [0, 0.05) is 18.0 Å². The lowest BCUT2D eigenvalue weighted by Gasteiger charge is -2.20. The molecule has 0 aliphatic heterocycles. The number of aryl methyl sites for hydroxylation is 1. The third-order valence-electron chi connectivity index (χ3n) is 3.58. The molecule has 5 heteroatoms. The molecule has 2 rings (SSSR count). The zero-order chi connectivity index (χ0) is 17.5. The number of hydrogen-bond acceptors (Lipinski definition) is 4. The van der Waals surface area contributed by atoms with Gasteiger partial charge in [-0.3, -0.25) is 4.79 Å².